The molecule has 5 heteroatoms. The molecule has 0 bridgehead atoms. The fraction of sp³-hybridized carbons (Fsp3) is 0.0833. The normalized spacial score (nSPS) is 15.9. The first-order valence-corrected chi connectivity index (χ1v) is 10.5. The predicted octanol–water partition coefficient (Wildman–Crippen LogP) is 5.81. The molecule has 0 unspecified atom stereocenters. The van der Waals surface area contributed by atoms with Crippen molar-refractivity contribution in [3.8, 4) is 0 Å². The molecule has 0 saturated heterocycles. The van der Waals surface area contributed by atoms with Crippen LogP contribution in [0.2, 0.25) is 0 Å². The molecule has 4 aromatic rings. The largest absolute Gasteiger partial charge is 0.329 e. The maximum absolute atomic E-state index is 13.6. The minimum atomic E-state index is -0.249. The smallest absolute Gasteiger partial charge is 0.209 e. The molecule has 0 spiro atoms. The average Bonchev–Trinajstić information content (AvgIpc) is 3.10. The molecule has 1 aliphatic rings. The quantitative estimate of drug-likeness (QED) is 0.291. The van der Waals surface area contributed by atoms with Crippen molar-refractivity contribution in [1.82, 2.24) is 9.55 Å². The van der Waals surface area contributed by atoms with Crippen LogP contribution in [0, 0.1) is 3.57 Å². The Morgan fingerprint density at radius 1 is 1.00 bits per heavy atom. The highest BCUT2D eigenvalue weighted by Crippen LogP contribution is 2.40. The van der Waals surface area contributed by atoms with Gasteiger partial charge in [0.1, 0.15) is 0 Å². The number of hydrogen-bond donors (Lipinski definition) is 1. The number of benzene rings is 3. The van der Waals surface area contributed by atoms with Crippen molar-refractivity contribution in [2.75, 3.05) is 5.32 Å². The van der Waals surface area contributed by atoms with Crippen LogP contribution in [-0.4, -0.2) is 15.3 Å². The van der Waals surface area contributed by atoms with Crippen molar-refractivity contribution in [1.29, 1.82) is 0 Å². The Morgan fingerprint density at radius 2 is 1.76 bits per heavy atom. The first-order chi connectivity index (χ1) is 14.1. The molecular formula is C24H18IN3O. The Balaban J connectivity index is 1.78. The average molecular weight is 491 g/mol. The number of ketones is 1. The minimum absolute atomic E-state index is 0.0305. The van der Waals surface area contributed by atoms with Crippen molar-refractivity contribution < 1.29 is 4.79 Å². The van der Waals surface area contributed by atoms with Crippen molar-refractivity contribution in [2.24, 2.45) is 0 Å². The number of para-hydroxylation sites is 2. The predicted molar refractivity (Wildman–Crippen MR) is 124 cm³/mol. The van der Waals surface area contributed by atoms with Crippen LogP contribution in [0.3, 0.4) is 0 Å². The molecule has 0 amide bonds. The van der Waals surface area contributed by atoms with Gasteiger partial charge in [0, 0.05) is 20.4 Å². The Morgan fingerprint density at radius 3 is 2.55 bits per heavy atom. The third-order valence-corrected chi connectivity index (χ3v) is 5.95. The number of carbonyl (C=O) groups excluding carboxylic acids is 1. The van der Waals surface area contributed by atoms with Gasteiger partial charge in [0.25, 0.3) is 0 Å². The van der Waals surface area contributed by atoms with E-state index in [1.165, 1.54) is 0 Å². The molecule has 1 N–H and O–H groups in total. The molecule has 0 saturated carbocycles. The van der Waals surface area contributed by atoms with Gasteiger partial charge in [-0.05, 0) is 59.3 Å². The van der Waals surface area contributed by atoms with Gasteiger partial charge < -0.3 is 5.32 Å². The monoisotopic (exact) mass is 491 g/mol. The maximum atomic E-state index is 13.6. The number of allylic oxidation sites excluding steroid dienone is 2. The number of Topliss-reactive ketones (excluding diaryl/α,β-unsaturated/α-hetero) is 1. The second-order valence-corrected chi connectivity index (χ2v) is 8.36. The number of nitrogens with zero attached hydrogens (tertiary/aromatic N) is 2. The highest BCUT2D eigenvalue weighted by molar-refractivity contribution is 14.1. The molecule has 142 valence electrons. The van der Waals surface area contributed by atoms with Gasteiger partial charge in [0.2, 0.25) is 5.95 Å². The Kier molecular flexibility index (Phi) is 4.47. The summed E-state index contributed by atoms with van der Waals surface area (Å²) in [6.07, 6.45) is 0. The number of halogens is 1. The number of fused-ring (bicyclic) bond motifs is 3. The van der Waals surface area contributed by atoms with Crippen molar-refractivity contribution in [3.63, 3.8) is 0 Å². The summed E-state index contributed by atoms with van der Waals surface area (Å²) < 4.78 is 3.28. The van der Waals surface area contributed by atoms with Gasteiger partial charge in [-0.2, -0.15) is 0 Å². The molecule has 1 aromatic heterocycles. The summed E-state index contributed by atoms with van der Waals surface area (Å²) in [5.74, 6) is 0.792. The van der Waals surface area contributed by atoms with Gasteiger partial charge in [-0.15, -0.1) is 0 Å². The fourth-order valence-corrected chi connectivity index (χ4v) is 4.56. The lowest BCUT2D eigenvalue weighted by atomic mass is 9.89. The Labute approximate surface area is 182 Å². The Bertz CT molecular complexity index is 1270. The third kappa shape index (κ3) is 3.06. The summed E-state index contributed by atoms with van der Waals surface area (Å²) in [4.78, 5) is 18.4. The topological polar surface area (TPSA) is 46.9 Å². The van der Waals surface area contributed by atoms with Crippen LogP contribution in [0.25, 0.3) is 11.0 Å². The van der Waals surface area contributed by atoms with Crippen LogP contribution >= 0.6 is 22.6 Å². The molecule has 0 fully saturated rings. The molecule has 1 aliphatic heterocycles. The van der Waals surface area contributed by atoms with Gasteiger partial charge in [-0.1, -0.05) is 54.6 Å². The summed E-state index contributed by atoms with van der Waals surface area (Å²) >= 11 is 2.32. The number of carbonyl (C=O) groups is 1. The zero-order chi connectivity index (χ0) is 20.0. The van der Waals surface area contributed by atoms with Crippen molar-refractivity contribution in [3.05, 3.63) is 105 Å². The van der Waals surface area contributed by atoms with Gasteiger partial charge in [-0.25, -0.2) is 4.98 Å². The minimum Gasteiger partial charge on any atom is -0.329 e. The van der Waals surface area contributed by atoms with Crippen LogP contribution in [-0.2, 0) is 0 Å². The van der Waals surface area contributed by atoms with E-state index in [9.17, 15) is 4.79 Å². The number of nitrogens with one attached hydrogen (secondary N) is 1. The molecule has 2 heterocycles. The van der Waals surface area contributed by atoms with Crippen LogP contribution in [0.15, 0.2) is 90.1 Å². The molecule has 0 aliphatic carbocycles. The SMILES string of the molecule is CC1=C(C(=O)c2ccccc2)[C@H](c2cccc(I)c2)n2c(nc3ccccc32)N1. The van der Waals surface area contributed by atoms with Crippen LogP contribution in [0.4, 0.5) is 5.95 Å². The molecule has 5 rings (SSSR count). The lowest BCUT2D eigenvalue weighted by Gasteiger charge is -2.31. The zero-order valence-electron chi connectivity index (χ0n) is 15.8. The van der Waals surface area contributed by atoms with E-state index in [2.05, 4.69) is 56.7 Å². The van der Waals surface area contributed by atoms with E-state index in [4.69, 9.17) is 4.98 Å². The second-order valence-electron chi connectivity index (χ2n) is 7.11. The van der Waals surface area contributed by atoms with Crippen molar-refractivity contribution >= 4 is 45.4 Å². The second kappa shape index (κ2) is 7.15. The van der Waals surface area contributed by atoms with Crippen LogP contribution in [0.1, 0.15) is 28.9 Å². The van der Waals surface area contributed by atoms with Gasteiger partial charge in [0.15, 0.2) is 5.78 Å². The molecule has 0 radical (unpaired) electrons. The third-order valence-electron chi connectivity index (χ3n) is 5.28. The molecule has 29 heavy (non-hydrogen) atoms. The van der Waals surface area contributed by atoms with E-state index in [1.54, 1.807) is 0 Å². The van der Waals surface area contributed by atoms with Gasteiger partial charge in [0.05, 0.1) is 17.1 Å². The lowest BCUT2D eigenvalue weighted by Crippen LogP contribution is -2.28. The molecule has 1 atom stereocenters. The Hall–Kier alpha value is -2.93. The molecular weight excluding hydrogens is 473 g/mol. The number of hydrogen-bond acceptors (Lipinski definition) is 3. The van der Waals surface area contributed by atoms with Gasteiger partial charge >= 0.3 is 0 Å². The highest BCUT2D eigenvalue weighted by Gasteiger charge is 2.34. The van der Waals surface area contributed by atoms with E-state index in [0.717, 1.165) is 37.4 Å². The van der Waals surface area contributed by atoms with E-state index in [1.807, 2.05) is 61.5 Å². The number of rotatable bonds is 3. The number of aromatic nitrogens is 2. The summed E-state index contributed by atoms with van der Waals surface area (Å²) in [5, 5.41) is 3.37. The first kappa shape index (κ1) is 18.1. The molecule has 3 aromatic carbocycles. The van der Waals surface area contributed by atoms with Gasteiger partial charge in [-0.3, -0.25) is 9.36 Å². The van der Waals surface area contributed by atoms with Crippen LogP contribution < -0.4 is 5.32 Å². The zero-order valence-corrected chi connectivity index (χ0v) is 17.9. The molecule has 4 nitrogen and oxygen atoms in total. The fourth-order valence-electron chi connectivity index (χ4n) is 4.00. The summed E-state index contributed by atoms with van der Waals surface area (Å²) in [5.41, 5.74) is 5.25. The summed E-state index contributed by atoms with van der Waals surface area (Å²) in [6, 6.07) is 25.6. The standard InChI is InChI=1S/C24H18IN3O/c1-15-21(23(29)16-8-3-2-4-9-16)22(17-10-7-11-18(25)14-17)28-20-13-6-5-12-19(20)27-24(28)26-15/h2-14,22H,1H3,(H,26,27)/t22-/m0/s1. The maximum Gasteiger partial charge on any atom is 0.209 e. The van der Waals surface area contributed by atoms with E-state index in [-0.39, 0.29) is 11.8 Å². The number of imidazole rings is 1. The summed E-state index contributed by atoms with van der Waals surface area (Å²) in [6.45, 7) is 1.96. The summed E-state index contributed by atoms with van der Waals surface area (Å²) in [7, 11) is 0. The van der Waals surface area contributed by atoms with Crippen LogP contribution in [0.5, 0.6) is 0 Å². The van der Waals surface area contributed by atoms with Crippen molar-refractivity contribution in [2.45, 2.75) is 13.0 Å². The number of anilines is 1. The lowest BCUT2D eigenvalue weighted by molar-refractivity contribution is 0.102. The van der Waals surface area contributed by atoms with E-state index >= 15 is 0 Å². The van der Waals surface area contributed by atoms with E-state index < -0.39 is 0 Å². The van der Waals surface area contributed by atoms with E-state index in [0.29, 0.717) is 5.56 Å². The highest BCUT2D eigenvalue weighted by atomic mass is 127. The first-order valence-electron chi connectivity index (χ1n) is 9.43.